The highest BCUT2D eigenvalue weighted by Crippen LogP contribution is 2.37. The molecule has 4 heterocycles. The van der Waals surface area contributed by atoms with Gasteiger partial charge in [-0.25, -0.2) is 9.18 Å². The van der Waals surface area contributed by atoms with E-state index in [1.165, 1.54) is 6.07 Å². The number of hydrogen-bond donors (Lipinski definition) is 2. The van der Waals surface area contributed by atoms with Crippen LogP contribution in [0.5, 0.6) is 0 Å². The van der Waals surface area contributed by atoms with E-state index in [2.05, 4.69) is 20.3 Å². The third kappa shape index (κ3) is 4.37. The van der Waals surface area contributed by atoms with Crippen LogP contribution in [-0.4, -0.2) is 59.9 Å². The monoisotopic (exact) mass is 488 g/mol. The minimum absolute atomic E-state index is 0.0497. The van der Waals surface area contributed by atoms with Gasteiger partial charge in [0.15, 0.2) is 5.82 Å². The number of hydrogen-bond acceptors (Lipinski definition) is 5. The van der Waals surface area contributed by atoms with E-state index in [1.807, 2.05) is 19.1 Å². The molecule has 1 amide bonds. The van der Waals surface area contributed by atoms with Crippen LogP contribution < -0.4 is 0 Å². The zero-order valence-corrected chi connectivity index (χ0v) is 19.7. The van der Waals surface area contributed by atoms with Crippen LogP contribution in [0.2, 0.25) is 0 Å². The van der Waals surface area contributed by atoms with Gasteiger partial charge in [0.05, 0.1) is 18.3 Å². The quantitative estimate of drug-likeness (QED) is 0.407. The lowest BCUT2D eigenvalue weighted by Crippen LogP contribution is -2.36. The van der Waals surface area contributed by atoms with Gasteiger partial charge in [0.2, 0.25) is 5.91 Å². The number of H-pyrrole nitrogens is 1. The third-order valence-electron chi connectivity index (χ3n) is 6.54. The average molecular weight is 489 g/mol. The Bertz CT molecular complexity index is 1470. The van der Waals surface area contributed by atoms with Crippen LogP contribution in [-0.2, 0) is 17.8 Å². The van der Waals surface area contributed by atoms with Gasteiger partial charge in [0.1, 0.15) is 5.69 Å². The Hall–Kier alpha value is -4.34. The van der Waals surface area contributed by atoms with Gasteiger partial charge in [-0.3, -0.25) is 14.5 Å². The lowest BCUT2D eigenvalue weighted by molar-refractivity contribution is -0.131. The van der Waals surface area contributed by atoms with Crippen molar-refractivity contribution in [3.05, 3.63) is 71.7 Å². The summed E-state index contributed by atoms with van der Waals surface area (Å²) in [6, 6.07) is 5.12. The van der Waals surface area contributed by atoms with Crippen LogP contribution in [0.25, 0.3) is 27.6 Å². The number of carbonyl (C=O) groups is 2. The fraction of sp³-hybridized carbons (Fsp3) is 0.269. The number of carbonyl (C=O) groups excluding carboxylic acids is 1. The molecule has 184 valence electrons. The van der Waals surface area contributed by atoms with Crippen molar-refractivity contribution in [1.29, 1.82) is 0 Å². The summed E-state index contributed by atoms with van der Waals surface area (Å²) in [5.74, 6) is -1.75. The molecule has 1 aliphatic rings. The molecule has 36 heavy (non-hydrogen) atoms. The van der Waals surface area contributed by atoms with Crippen molar-refractivity contribution in [2.24, 2.45) is 0 Å². The second kappa shape index (κ2) is 9.73. The number of aromatic amines is 1. The van der Waals surface area contributed by atoms with E-state index in [0.717, 1.165) is 17.5 Å². The highest BCUT2D eigenvalue weighted by Gasteiger charge is 2.25. The van der Waals surface area contributed by atoms with E-state index < -0.39 is 11.8 Å². The van der Waals surface area contributed by atoms with Crippen molar-refractivity contribution in [1.82, 2.24) is 29.9 Å². The summed E-state index contributed by atoms with van der Waals surface area (Å²) in [7, 11) is 0. The van der Waals surface area contributed by atoms with Crippen LogP contribution in [0.4, 0.5) is 4.39 Å². The van der Waals surface area contributed by atoms with Crippen molar-refractivity contribution in [3.8, 4) is 11.1 Å². The highest BCUT2D eigenvalue weighted by molar-refractivity contribution is 6.03. The van der Waals surface area contributed by atoms with Gasteiger partial charge < -0.3 is 15.0 Å². The Labute approximate surface area is 206 Å². The zero-order chi connectivity index (χ0) is 25.2. The molecular formula is C26H25FN6O3. The van der Waals surface area contributed by atoms with Gasteiger partial charge in [0.25, 0.3) is 0 Å². The van der Waals surface area contributed by atoms with Crippen LogP contribution >= 0.6 is 0 Å². The minimum Gasteiger partial charge on any atom is -0.477 e. The van der Waals surface area contributed by atoms with E-state index in [-0.39, 0.29) is 30.1 Å². The number of aromatic carboxylic acids is 1. The summed E-state index contributed by atoms with van der Waals surface area (Å²) in [6.07, 6.45) is 10.2. The summed E-state index contributed by atoms with van der Waals surface area (Å²) >= 11 is 0. The van der Waals surface area contributed by atoms with Crippen molar-refractivity contribution >= 4 is 28.4 Å². The second-order valence-electron chi connectivity index (χ2n) is 8.70. The predicted molar refractivity (Wildman–Crippen MR) is 132 cm³/mol. The first kappa shape index (κ1) is 23.4. The molecule has 5 rings (SSSR count). The number of amides is 1. The Morgan fingerprint density at radius 2 is 2.06 bits per heavy atom. The van der Waals surface area contributed by atoms with Gasteiger partial charge >= 0.3 is 5.97 Å². The van der Waals surface area contributed by atoms with Crippen LogP contribution in [0.15, 0.2) is 49.1 Å². The van der Waals surface area contributed by atoms with Crippen molar-refractivity contribution in [2.75, 3.05) is 13.1 Å². The summed E-state index contributed by atoms with van der Waals surface area (Å²) < 4.78 is 17.5. The zero-order valence-electron chi connectivity index (χ0n) is 19.7. The third-order valence-corrected chi connectivity index (χ3v) is 6.54. The molecule has 9 nitrogen and oxygen atoms in total. The summed E-state index contributed by atoms with van der Waals surface area (Å²) in [5.41, 5.74) is 3.60. The number of pyridine rings is 1. The molecule has 0 unspecified atom stereocenters. The molecule has 1 aromatic carbocycles. The van der Waals surface area contributed by atoms with Gasteiger partial charge in [-0.15, -0.1) is 5.10 Å². The molecule has 10 heteroatoms. The number of halogens is 1. The molecule has 0 atom stereocenters. The van der Waals surface area contributed by atoms with E-state index in [9.17, 15) is 14.7 Å². The molecule has 3 aromatic heterocycles. The Kier molecular flexibility index (Phi) is 6.32. The number of aromatic nitrogens is 5. The molecule has 1 aliphatic heterocycles. The summed E-state index contributed by atoms with van der Waals surface area (Å²) in [5, 5.41) is 17.7. The van der Waals surface area contributed by atoms with Gasteiger partial charge in [-0.1, -0.05) is 18.2 Å². The van der Waals surface area contributed by atoms with Crippen molar-refractivity contribution < 1.29 is 19.1 Å². The highest BCUT2D eigenvalue weighted by atomic mass is 19.1. The molecule has 0 saturated carbocycles. The fourth-order valence-electron chi connectivity index (χ4n) is 4.68. The number of fused-ring (bicyclic) bond motifs is 1. The average Bonchev–Trinajstić information content (AvgIpc) is 3.58. The fourth-order valence-corrected chi connectivity index (χ4v) is 4.68. The second-order valence-corrected chi connectivity index (χ2v) is 8.70. The maximum atomic E-state index is 15.9. The number of aryl methyl sites for hydroxylation is 2. The maximum Gasteiger partial charge on any atom is 0.352 e. The van der Waals surface area contributed by atoms with Gasteiger partial charge in [-0.05, 0) is 47.7 Å². The molecule has 0 radical (unpaired) electrons. The first-order valence-corrected chi connectivity index (χ1v) is 11.8. The van der Waals surface area contributed by atoms with Gasteiger partial charge in [-0.2, -0.15) is 0 Å². The number of nitrogens with zero attached hydrogens (tertiary/aromatic N) is 5. The van der Waals surface area contributed by atoms with E-state index >= 15 is 4.39 Å². The van der Waals surface area contributed by atoms with Gasteiger partial charge in [0, 0.05) is 54.6 Å². The minimum atomic E-state index is -1.17. The topological polar surface area (TPSA) is 117 Å². The first-order chi connectivity index (χ1) is 17.5. The van der Waals surface area contributed by atoms with Crippen LogP contribution in [0.1, 0.15) is 41.4 Å². The van der Waals surface area contributed by atoms with Crippen LogP contribution in [0.3, 0.4) is 0 Å². The molecule has 4 aromatic rings. The van der Waals surface area contributed by atoms with Crippen molar-refractivity contribution in [2.45, 2.75) is 32.7 Å². The number of carboxylic acids is 1. The van der Waals surface area contributed by atoms with E-state index in [1.54, 1.807) is 40.4 Å². The first-order valence-electron chi connectivity index (χ1n) is 11.8. The predicted octanol–water partition coefficient (Wildman–Crippen LogP) is 3.93. The summed E-state index contributed by atoms with van der Waals surface area (Å²) in [4.78, 5) is 33.3. The molecular weight excluding hydrogens is 463 g/mol. The van der Waals surface area contributed by atoms with Crippen LogP contribution in [0, 0.1) is 5.82 Å². The Balaban J connectivity index is 1.54. The normalized spacial score (nSPS) is 13.7. The molecule has 0 aliphatic carbocycles. The smallest absolute Gasteiger partial charge is 0.352 e. The molecule has 2 N–H and O–H groups in total. The largest absolute Gasteiger partial charge is 0.477 e. The number of nitrogens with one attached hydrogen (secondary N) is 1. The van der Waals surface area contributed by atoms with Crippen molar-refractivity contribution in [3.63, 3.8) is 0 Å². The van der Waals surface area contributed by atoms with E-state index in [0.29, 0.717) is 41.6 Å². The summed E-state index contributed by atoms with van der Waals surface area (Å²) in [6.45, 7) is 3.25. The Morgan fingerprint density at radius 3 is 2.81 bits per heavy atom. The number of carboxylic acid groups (broad SMARTS) is 1. The van der Waals surface area contributed by atoms with E-state index in [4.69, 9.17) is 0 Å². The number of rotatable bonds is 7. The molecule has 0 saturated heterocycles. The SMILES string of the molecule is CCc1ccncc1-c1cc(C2=CCCN(C(=O)CCn3ccnn3)C2)c(F)c2[nH]c(C(=O)O)cc12. The molecule has 0 spiro atoms. The maximum absolute atomic E-state index is 15.9. The Morgan fingerprint density at radius 1 is 1.19 bits per heavy atom. The lowest BCUT2D eigenvalue weighted by atomic mass is 9.91. The lowest BCUT2D eigenvalue weighted by Gasteiger charge is -2.28. The standard InChI is InChI=1S/C26H25FN6O3/c1-2-16-5-7-28-14-21(16)19-12-18(24(27)25-20(19)13-22(30-25)26(35)36)17-4-3-9-32(15-17)23(34)6-10-33-11-8-29-31-33/h4-5,7-8,11-14,30H,2-3,6,9-10,15H2,1H3,(H,35,36). The molecule has 0 fully saturated rings. The number of benzene rings is 1. The molecule has 0 bridgehead atoms.